The molecule has 7 nitrogen and oxygen atoms in total. The van der Waals surface area contributed by atoms with Gasteiger partial charge < -0.3 is 20.7 Å². The zero-order chi connectivity index (χ0) is 20.0. The van der Waals surface area contributed by atoms with Crippen LogP contribution in [0.4, 0.5) is 11.4 Å². The number of carbonyl (C=O) groups is 3. The third-order valence-electron chi connectivity index (χ3n) is 3.70. The molecule has 0 atom stereocenters. The smallest absolute Gasteiger partial charge is 0.340 e. The first-order valence-electron chi connectivity index (χ1n) is 8.09. The van der Waals surface area contributed by atoms with Crippen LogP contribution in [0.2, 0.25) is 0 Å². The third kappa shape index (κ3) is 6.10. The topological polar surface area (TPSA) is 102 Å². The molecule has 0 unspecified atom stereocenters. The van der Waals surface area contributed by atoms with Gasteiger partial charge >= 0.3 is 5.97 Å². The zero-order valence-electron chi connectivity index (χ0n) is 15.0. The molecule has 2 amide bonds. The minimum Gasteiger partial charge on any atom is -0.452 e. The molecule has 2 aromatic rings. The SMILES string of the molecule is Cc1ccc(NC(=O)CN(C)C(=O)COC(=O)c2cc(Br)ccc2N)cc1. The van der Waals surface area contributed by atoms with Crippen LogP contribution in [0, 0.1) is 6.92 Å². The molecule has 2 aromatic carbocycles. The van der Waals surface area contributed by atoms with E-state index in [4.69, 9.17) is 10.5 Å². The molecule has 0 heterocycles. The number of halogens is 1. The lowest BCUT2D eigenvalue weighted by Crippen LogP contribution is -2.37. The summed E-state index contributed by atoms with van der Waals surface area (Å²) in [6, 6.07) is 12.1. The second-order valence-electron chi connectivity index (χ2n) is 5.97. The highest BCUT2D eigenvalue weighted by molar-refractivity contribution is 9.10. The van der Waals surface area contributed by atoms with Crippen LogP contribution in [0.5, 0.6) is 0 Å². The Kier molecular flexibility index (Phi) is 6.95. The highest BCUT2D eigenvalue weighted by Crippen LogP contribution is 2.19. The number of esters is 1. The second-order valence-corrected chi connectivity index (χ2v) is 6.89. The van der Waals surface area contributed by atoms with Crippen molar-refractivity contribution in [2.24, 2.45) is 0 Å². The predicted molar refractivity (Wildman–Crippen MR) is 106 cm³/mol. The predicted octanol–water partition coefficient (Wildman–Crippen LogP) is 2.59. The number of benzene rings is 2. The molecule has 0 saturated carbocycles. The molecule has 27 heavy (non-hydrogen) atoms. The van der Waals surface area contributed by atoms with Crippen molar-refractivity contribution in [3.63, 3.8) is 0 Å². The maximum Gasteiger partial charge on any atom is 0.340 e. The number of likely N-dealkylation sites (N-methyl/N-ethyl adjacent to an activating group) is 1. The molecule has 2 rings (SSSR count). The summed E-state index contributed by atoms with van der Waals surface area (Å²) in [5, 5.41) is 2.70. The zero-order valence-corrected chi connectivity index (χ0v) is 16.6. The maximum atomic E-state index is 12.1. The van der Waals surface area contributed by atoms with Gasteiger partial charge in [0, 0.05) is 22.9 Å². The molecular weight excluding hydrogens is 414 g/mol. The summed E-state index contributed by atoms with van der Waals surface area (Å²) >= 11 is 3.24. The Hall–Kier alpha value is -2.87. The van der Waals surface area contributed by atoms with Gasteiger partial charge in [0.2, 0.25) is 5.91 Å². The number of hydrogen-bond acceptors (Lipinski definition) is 5. The van der Waals surface area contributed by atoms with Gasteiger partial charge in [0.25, 0.3) is 5.91 Å². The molecule has 0 aliphatic heterocycles. The minimum atomic E-state index is -0.709. The van der Waals surface area contributed by atoms with Crippen molar-refractivity contribution in [3.8, 4) is 0 Å². The Morgan fingerprint density at radius 3 is 2.48 bits per heavy atom. The summed E-state index contributed by atoms with van der Waals surface area (Å²) in [4.78, 5) is 37.4. The largest absolute Gasteiger partial charge is 0.452 e. The lowest BCUT2D eigenvalue weighted by molar-refractivity contribution is -0.136. The first kappa shape index (κ1) is 20.4. The number of anilines is 2. The van der Waals surface area contributed by atoms with Crippen molar-refractivity contribution in [3.05, 3.63) is 58.1 Å². The molecule has 0 aromatic heterocycles. The van der Waals surface area contributed by atoms with E-state index in [1.807, 2.05) is 19.1 Å². The van der Waals surface area contributed by atoms with Gasteiger partial charge in [-0.25, -0.2) is 4.79 Å². The van der Waals surface area contributed by atoms with Crippen molar-refractivity contribution in [1.29, 1.82) is 0 Å². The van der Waals surface area contributed by atoms with Gasteiger partial charge in [0.05, 0.1) is 12.1 Å². The fourth-order valence-corrected chi connectivity index (χ4v) is 2.52. The van der Waals surface area contributed by atoms with E-state index in [0.717, 1.165) is 5.56 Å². The highest BCUT2D eigenvalue weighted by Gasteiger charge is 2.17. The number of nitrogens with zero attached hydrogens (tertiary/aromatic N) is 1. The molecule has 3 N–H and O–H groups in total. The number of rotatable bonds is 6. The van der Waals surface area contributed by atoms with Crippen LogP contribution in [-0.4, -0.2) is 42.9 Å². The summed E-state index contributed by atoms with van der Waals surface area (Å²) in [6.07, 6.45) is 0. The number of nitrogen functional groups attached to an aromatic ring is 1. The van der Waals surface area contributed by atoms with E-state index in [1.165, 1.54) is 18.0 Å². The monoisotopic (exact) mass is 433 g/mol. The Labute approximate surface area is 165 Å². The van der Waals surface area contributed by atoms with E-state index in [9.17, 15) is 14.4 Å². The van der Waals surface area contributed by atoms with E-state index in [-0.39, 0.29) is 23.7 Å². The van der Waals surface area contributed by atoms with Crippen LogP contribution in [-0.2, 0) is 14.3 Å². The molecule has 0 aliphatic carbocycles. The maximum absolute atomic E-state index is 12.1. The van der Waals surface area contributed by atoms with Crippen LogP contribution in [0.3, 0.4) is 0 Å². The van der Waals surface area contributed by atoms with E-state index >= 15 is 0 Å². The molecule has 0 saturated heterocycles. The lowest BCUT2D eigenvalue weighted by Gasteiger charge is -2.17. The summed E-state index contributed by atoms with van der Waals surface area (Å²) in [5.74, 6) is -1.56. The molecule has 8 heteroatoms. The summed E-state index contributed by atoms with van der Waals surface area (Å²) in [6.45, 7) is 1.30. The molecule has 0 spiro atoms. The first-order valence-corrected chi connectivity index (χ1v) is 8.88. The van der Waals surface area contributed by atoms with Crippen LogP contribution in [0.15, 0.2) is 46.9 Å². The van der Waals surface area contributed by atoms with Crippen molar-refractivity contribution in [2.45, 2.75) is 6.92 Å². The number of nitrogens with one attached hydrogen (secondary N) is 1. The third-order valence-corrected chi connectivity index (χ3v) is 4.20. The lowest BCUT2D eigenvalue weighted by atomic mass is 10.2. The van der Waals surface area contributed by atoms with Gasteiger partial charge in [-0.1, -0.05) is 33.6 Å². The molecule has 0 radical (unpaired) electrons. The Balaban J connectivity index is 1.84. The fraction of sp³-hybridized carbons (Fsp3) is 0.211. The number of amides is 2. The quantitative estimate of drug-likeness (QED) is 0.538. The van der Waals surface area contributed by atoms with Gasteiger partial charge in [-0.2, -0.15) is 0 Å². The standard InChI is InChI=1S/C19H20BrN3O4/c1-12-3-6-14(7-4-12)22-17(24)10-23(2)18(25)11-27-19(26)15-9-13(20)5-8-16(15)21/h3-9H,10-11,21H2,1-2H3,(H,22,24). The minimum absolute atomic E-state index is 0.163. The van der Waals surface area contributed by atoms with Crippen LogP contribution >= 0.6 is 15.9 Å². The fourth-order valence-electron chi connectivity index (χ4n) is 2.16. The van der Waals surface area contributed by atoms with Crippen molar-refractivity contribution in [1.82, 2.24) is 4.90 Å². The van der Waals surface area contributed by atoms with Gasteiger partial charge in [-0.05, 0) is 37.3 Å². The van der Waals surface area contributed by atoms with Gasteiger partial charge in [-0.3, -0.25) is 9.59 Å². The summed E-state index contributed by atoms with van der Waals surface area (Å²) in [5.41, 5.74) is 7.87. The number of carbonyl (C=O) groups excluding carboxylic acids is 3. The van der Waals surface area contributed by atoms with Crippen molar-refractivity contribution in [2.75, 3.05) is 31.2 Å². The molecule has 0 aliphatic rings. The second kappa shape index (κ2) is 9.18. The number of hydrogen-bond donors (Lipinski definition) is 2. The van der Waals surface area contributed by atoms with Gasteiger partial charge in [-0.15, -0.1) is 0 Å². The summed E-state index contributed by atoms with van der Waals surface area (Å²) < 4.78 is 5.66. The molecule has 0 bridgehead atoms. The number of ether oxygens (including phenoxy) is 1. The molecule has 0 fully saturated rings. The van der Waals surface area contributed by atoms with Gasteiger partial charge in [0.15, 0.2) is 6.61 Å². The highest BCUT2D eigenvalue weighted by atomic mass is 79.9. The van der Waals surface area contributed by atoms with Crippen molar-refractivity contribution >= 4 is 45.1 Å². The Morgan fingerprint density at radius 1 is 1.15 bits per heavy atom. The van der Waals surface area contributed by atoms with E-state index in [2.05, 4.69) is 21.2 Å². The van der Waals surface area contributed by atoms with Crippen LogP contribution in [0.1, 0.15) is 15.9 Å². The summed E-state index contributed by atoms with van der Waals surface area (Å²) in [7, 11) is 1.46. The number of nitrogens with two attached hydrogens (primary N) is 1. The Bertz CT molecular complexity index is 853. The Morgan fingerprint density at radius 2 is 1.81 bits per heavy atom. The average Bonchev–Trinajstić information content (AvgIpc) is 2.63. The first-order chi connectivity index (χ1) is 12.8. The van der Waals surface area contributed by atoms with Crippen LogP contribution < -0.4 is 11.1 Å². The van der Waals surface area contributed by atoms with E-state index in [1.54, 1.807) is 24.3 Å². The normalized spacial score (nSPS) is 10.2. The number of aryl methyl sites for hydroxylation is 1. The average molecular weight is 434 g/mol. The van der Waals surface area contributed by atoms with Crippen molar-refractivity contribution < 1.29 is 19.1 Å². The van der Waals surface area contributed by atoms with E-state index < -0.39 is 18.5 Å². The molecule has 142 valence electrons. The molecular formula is C19H20BrN3O4. The van der Waals surface area contributed by atoms with Crippen LogP contribution in [0.25, 0.3) is 0 Å². The van der Waals surface area contributed by atoms with Gasteiger partial charge in [0.1, 0.15) is 0 Å². The van der Waals surface area contributed by atoms with E-state index in [0.29, 0.717) is 10.2 Å².